The highest BCUT2D eigenvalue weighted by Gasteiger charge is 2.49. The topological polar surface area (TPSA) is 77.8 Å². The SMILES string of the molecule is CC(c1ccccc1O)N(C)C(=O)[C@@H]1C[C@@H]1C(=O)O. The number of aliphatic carboxylic acids is 1. The number of aromatic hydroxyl groups is 1. The second-order valence-electron chi connectivity index (χ2n) is 4.97. The van der Waals surface area contributed by atoms with Crippen molar-refractivity contribution in [1.82, 2.24) is 4.90 Å². The minimum absolute atomic E-state index is 0.139. The van der Waals surface area contributed by atoms with Gasteiger partial charge >= 0.3 is 5.97 Å². The van der Waals surface area contributed by atoms with E-state index in [0.29, 0.717) is 12.0 Å². The fraction of sp³-hybridized carbons (Fsp3) is 0.429. The zero-order chi connectivity index (χ0) is 14.2. The van der Waals surface area contributed by atoms with E-state index in [2.05, 4.69) is 0 Å². The molecule has 1 aromatic carbocycles. The van der Waals surface area contributed by atoms with E-state index in [1.807, 2.05) is 6.92 Å². The van der Waals surface area contributed by atoms with Crippen LogP contribution in [0.15, 0.2) is 24.3 Å². The molecule has 0 heterocycles. The van der Waals surface area contributed by atoms with Crippen LogP contribution >= 0.6 is 0 Å². The maximum atomic E-state index is 12.1. The molecule has 2 N–H and O–H groups in total. The fourth-order valence-corrected chi connectivity index (χ4v) is 2.24. The number of carboxylic acid groups (broad SMARTS) is 1. The lowest BCUT2D eigenvalue weighted by Crippen LogP contribution is -2.31. The van der Waals surface area contributed by atoms with E-state index in [0.717, 1.165) is 0 Å². The van der Waals surface area contributed by atoms with Gasteiger partial charge in [0, 0.05) is 12.6 Å². The highest BCUT2D eigenvalue weighted by molar-refractivity contribution is 5.89. The van der Waals surface area contributed by atoms with Gasteiger partial charge in [0.25, 0.3) is 0 Å². The molecule has 1 fully saturated rings. The number of phenols is 1. The molecule has 0 spiro atoms. The third kappa shape index (κ3) is 2.54. The van der Waals surface area contributed by atoms with Crippen molar-refractivity contribution in [2.75, 3.05) is 7.05 Å². The summed E-state index contributed by atoms with van der Waals surface area (Å²) in [4.78, 5) is 24.4. The smallest absolute Gasteiger partial charge is 0.307 e. The molecule has 1 aromatic rings. The van der Waals surface area contributed by atoms with Gasteiger partial charge in [-0.05, 0) is 19.4 Å². The lowest BCUT2D eigenvalue weighted by molar-refractivity contribution is -0.142. The predicted octanol–water partition coefficient (Wildman–Crippen LogP) is 1.63. The molecule has 3 atom stereocenters. The molecule has 1 amide bonds. The number of carbonyl (C=O) groups is 2. The molecule has 0 aliphatic heterocycles. The number of nitrogens with zero attached hydrogens (tertiary/aromatic N) is 1. The first-order valence-corrected chi connectivity index (χ1v) is 6.21. The summed E-state index contributed by atoms with van der Waals surface area (Å²) in [6.45, 7) is 1.81. The Kier molecular flexibility index (Phi) is 3.46. The number of hydrogen-bond donors (Lipinski definition) is 2. The van der Waals surface area contributed by atoms with Crippen molar-refractivity contribution >= 4 is 11.9 Å². The van der Waals surface area contributed by atoms with Crippen LogP contribution in [0.25, 0.3) is 0 Å². The minimum Gasteiger partial charge on any atom is -0.508 e. The highest BCUT2D eigenvalue weighted by Crippen LogP contribution is 2.41. The van der Waals surface area contributed by atoms with Crippen molar-refractivity contribution < 1.29 is 19.8 Å². The summed E-state index contributed by atoms with van der Waals surface area (Å²) in [7, 11) is 1.64. The van der Waals surface area contributed by atoms with E-state index < -0.39 is 17.8 Å². The Morgan fingerprint density at radius 2 is 1.95 bits per heavy atom. The summed E-state index contributed by atoms with van der Waals surface area (Å²) >= 11 is 0. The zero-order valence-electron chi connectivity index (χ0n) is 10.9. The Balaban J connectivity index is 2.08. The molecule has 0 aromatic heterocycles. The van der Waals surface area contributed by atoms with Crippen LogP contribution in [-0.4, -0.2) is 34.0 Å². The summed E-state index contributed by atoms with van der Waals surface area (Å²) in [5.74, 6) is -1.92. The number of rotatable bonds is 4. The first kappa shape index (κ1) is 13.4. The number of carboxylic acids is 1. The van der Waals surface area contributed by atoms with Crippen LogP contribution in [-0.2, 0) is 9.59 Å². The average Bonchev–Trinajstić information content (AvgIpc) is 3.17. The van der Waals surface area contributed by atoms with Gasteiger partial charge in [0.2, 0.25) is 5.91 Å². The first-order valence-electron chi connectivity index (χ1n) is 6.21. The van der Waals surface area contributed by atoms with Gasteiger partial charge in [-0.2, -0.15) is 0 Å². The van der Waals surface area contributed by atoms with Gasteiger partial charge in [0.1, 0.15) is 5.75 Å². The molecule has 102 valence electrons. The predicted molar refractivity (Wildman–Crippen MR) is 68.5 cm³/mol. The normalized spacial score (nSPS) is 22.6. The minimum atomic E-state index is -0.915. The summed E-state index contributed by atoms with van der Waals surface area (Å²) in [5, 5.41) is 18.6. The summed E-state index contributed by atoms with van der Waals surface area (Å²) in [5.41, 5.74) is 0.658. The van der Waals surface area contributed by atoms with Crippen molar-refractivity contribution in [1.29, 1.82) is 0 Å². The Labute approximate surface area is 111 Å². The first-order chi connectivity index (χ1) is 8.93. The molecule has 5 nitrogen and oxygen atoms in total. The molecule has 1 unspecified atom stereocenters. The highest BCUT2D eigenvalue weighted by atomic mass is 16.4. The molecule has 0 saturated heterocycles. The van der Waals surface area contributed by atoms with E-state index in [9.17, 15) is 14.7 Å². The maximum absolute atomic E-state index is 12.1. The van der Waals surface area contributed by atoms with Crippen LogP contribution in [0.1, 0.15) is 24.9 Å². The fourth-order valence-electron chi connectivity index (χ4n) is 2.24. The molecule has 19 heavy (non-hydrogen) atoms. The molecule has 0 bridgehead atoms. The number of phenolic OH excluding ortho intramolecular Hbond substituents is 1. The van der Waals surface area contributed by atoms with Gasteiger partial charge < -0.3 is 15.1 Å². The van der Waals surface area contributed by atoms with Crippen LogP contribution < -0.4 is 0 Å². The largest absolute Gasteiger partial charge is 0.508 e. The van der Waals surface area contributed by atoms with Crippen LogP contribution in [0.4, 0.5) is 0 Å². The molecular formula is C14H17NO4. The summed E-state index contributed by atoms with van der Waals surface area (Å²) < 4.78 is 0. The van der Waals surface area contributed by atoms with Gasteiger partial charge in [-0.25, -0.2) is 0 Å². The van der Waals surface area contributed by atoms with Crippen LogP contribution in [0.3, 0.4) is 0 Å². The second kappa shape index (κ2) is 4.91. The monoisotopic (exact) mass is 263 g/mol. The van der Waals surface area contributed by atoms with E-state index in [1.54, 1.807) is 31.3 Å². The van der Waals surface area contributed by atoms with E-state index in [1.165, 1.54) is 4.90 Å². The molecule has 5 heteroatoms. The Morgan fingerprint density at radius 3 is 2.47 bits per heavy atom. The van der Waals surface area contributed by atoms with Crippen molar-refractivity contribution in [3.8, 4) is 5.75 Å². The molecule has 1 saturated carbocycles. The van der Waals surface area contributed by atoms with Gasteiger partial charge in [-0.15, -0.1) is 0 Å². The lowest BCUT2D eigenvalue weighted by Gasteiger charge is -2.26. The third-order valence-corrected chi connectivity index (χ3v) is 3.74. The quantitative estimate of drug-likeness (QED) is 0.865. The Morgan fingerprint density at radius 1 is 1.32 bits per heavy atom. The second-order valence-corrected chi connectivity index (χ2v) is 4.97. The molecule has 1 aliphatic carbocycles. The number of hydrogen-bond acceptors (Lipinski definition) is 3. The van der Waals surface area contributed by atoms with Crippen LogP contribution in [0, 0.1) is 11.8 Å². The Hall–Kier alpha value is -2.04. The number of para-hydroxylation sites is 1. The van der Waals surface area contributed by atoms with Crippen molar-refractivity contribution in [3.63, 3.8) is 0 Å². The van der Waals surface area contributed by atoms with Crippen molar-refractivity contribution in [2.24, 2.45) is 11.8 Å². The van der Waals surface area contributed by atoms with E-state index in [4.69, 9.17) is 5.11 Å². The van der Waals surface area contributed by atoms with E-state index >= 15 is 0 Å². The van der Waals surface area contributed by atoms with Gasteiger partial charge in [-0.3, -0.25) is 9.59 Å². The van der Waals surface area contributed by atoms with Crippen molar-refractivity contribution in [2.45, 2.75) is 19.4 Å². The third-order valence-electron chi connectivity index (χ3n) is 3.74. The molecule has 0 radical (unpaired) electrons. The number of benzene rings is 1. The summed E-state index contributed by atoms with van der Waals surface area (Å²) in [6.07, 6.45) is 0.409. The van der Waals surface area contributed by atoms with Gasteiger partial charge in [0.15, 0.2) is 0 Å². The van der Waals surface area contributed by atoms with Crippen molar-refractivity contribution in [3.05, 3.63) is 29.8 Å². The molecular weight excluding hydrogens is 246 g/mol. The molecule has 1 aliphatic rings. The number of carbonyl (C=O) groups excluding carboxylic acids is 1. The maximum Gasteiger partial charge on any atom is 0.307 e. The zero-order valence-corrected chi connectivity index (χ0v) is 10.9. The number of amides is 1. The Bertz CT molecular complexity index is 514. The molecule has 2 rings (SSSR count). The van der Waals surface area contributed by atoms with E-state index in [-0.39, 0.29) is 17.7 Å². The van der Waals surface area contributed by atoms with Gasteiger partial charge in [-0.1, -0.05) is 18.2 Å². The standard InChI is InChI=1S/C14H17NO4/c1-8(9-5-3-4-6-12(9)16)15(2)13(17)10-7-11(10)14(18)19/h3-6,8,10-11,16H,7H2,1-2H3,(H,18,19)/t8?,10-,11+/m1/s1. The lowest BCUT2D eigenvalue weighted by atomic mass is 10.1. The van der Waals surface area contributed by atoms with Crippen LogP contribution in [0.2, 0.25) is 0 Å². The summed E-state index contributed by atoms with van der Waals surface area (Å²) in [6, 6.07) is 6.55. The average molecular weight is 263 g/mol. The van der Waals surface area contributed by atoms with Gasteiger partial charge in [0.05, 0.1) is 17.9 Å². The van der Waals surface area contributed by atoms with Crippen LogP contribution in [0.5, 0.6) is 5.75 Å².